The van der Waals surface area contributed by atoms with Crippen LogP contribution in [0.25, 0.3) is 0 Å². The van der Waals surface area contributed by atoms with E-state index in [0.717, 1.165) is 0 Å². The fourth-order valence-corrected chi connectivity index (χ4v) is 1.63. The van der Waals surface area contributed by atoms with Gasteiger partial charge in [-0.1, -0.05) is 6.07 Å². The summed E-state index contributed by atoms with van der Waals surface area (Å²) in [5.74, 6) is 0.397. The summed E-state index contributed by atoms with van der Waals surface area (Å²) in [6, 6.07) is 5.88. The molecule has 0 N–H and O–H groups in total. The minimum atomic E-state index is -3.70. The number of hydrogen-bond donors (Lipinski definition) is 0. The van der Waals surface area contributed by atoms with Crippen LogP contribution >= 0.6 is 10.7 Å². The highest BCUT2D eigenvalue weighted by Crippen LogP contribution is 2.20. The van der Waals surface area contributed by atoms with Gasteiger partial charge in [0.1, 0.15) is 5.75 Å². The first-order chi connectivity index (χ1) is 6.54. The number of hydrogen-bond acceptors (Lipinski definition) is 4. The first-order valence-electron chi connectivity index (χ1n) is 3.70. The average Bonchev–Trinajstić information content (AvgIpc) is 2.14. The minimum absolute atomic E-state index is 0.00719. The number of methoxy groups -OCH3 is 1. The van der Waals surface area contributed by atoms with Crippen molar-refractivity contribution in [3.63, 3.8) is 0 Å². The molecule has 0 fully saturated rings. The summed E-state index contributed by atoms with van der Waals surface area (Å²) in [7, 11) is 2.93. The van der Waals surface area contributed by atoms with Crippen LogP contribution in [0.4, 0.5) is 0 Å². The van der Waals surface area contributed by atoms with Crippen LogP contribution in [-0.2, 0) is 13.8 Å². The molecule has 0 aliphatic rings. The fraction of sp³-hybridized carbons (Fsp3) is 0.250. The summed E-state index contributed by atoms with van der Waals surface area (Å²) in [5, 5.41) is 0. The molecule has 1 aromatic rings. The Morgan fingerprint density at radius 3 is 2.71 bits per heavy atom. The zero-order valence-electron chi connectivity index (χ0n) is 7.44. The van der Waals surface area contributed by atoms with Gasteiger partial charge in [0.15, 0.2) is 6.79 Å². The highest BCUT2D eigenvalue weighted by atomic mass is 35.7. The lowest BCUT2D eigenvalue weighted by atomic mass is 10.3. The predicted molar refractivity (Wildman–Crippen MR) is 52.0 cm³/mol. The van der Waals surface area contributed by atoms with Gasteiger partial charge in [-0.3, -0.25) is 0 Å². The Morgan fingerprint density at radius 2 is 2.14 bits per heavy atom. The van der Waals surface area contributed by atoms with Gasteiger partial charge >= 0.3 is 0 Å². The fourth-order valence-electron chi connectivity index (χ4n) is 0.843. The van der Waals surface area contributed by atoms with Crippen molar-refractivity contribution in [1.29, 1.82) is 0 Å². The first kappa shape index (κ1) is 11.3. The Labute approximate surface area is 86.8 Å². The molecule has 6 heteroatoms. The lowest BCUT2D eigenvalue weighted by Crippen LogP contribution is -1.99. The molecule has 0 amide bonds. The van der Waals surface area contributed by atoms with Gasteiger partial charge < -0.3 is 9.47 Å². The Morgan fingerprint density at radius 1 is 1.43 bits per heavy atom. The van der Waals surface area contributed by atoms with E-state index in [4.69, 9.17) is 15.4 Å². The summed E-state index contributed by atoms with van der Waals surface area (Å²) in [6.45, 7) is 0.0613. The predicted octanol–water partition coefficient (Wildman–Crippen LogP) is 1.60. The maximum atomic E-state index is 10.9. The summed E-state index contributed by atoms with van der Waals surface area (Å²) in [5.41, 5.74) is 0. The van der Waals surface area contributed by atoms with Crippen molar-refractivity contribution < 1.29 is 17.9 Å². The van der Waals surface area contributed by atoms with E-state index in [2.05, 4.69) is 4.74 Å². The van der Waals surface area contributed by atoms with Crippen molar-refractivity contribution in [2.24, 2.45) is 0 Å². The number of ether oxygens (including phenoxy) is 2. The van der Waals surface area contributed by atoms with Gasteiger partial charge in [0.25, 0.3) is 9.05 Å². The standard InChI is InChI=1S/C8H9ClO4S/c1-12-6-13-7-3-2-4-8(5-7)14(9,10)11/h2-5H,6H2,1H3. The molecule has 1 rings (SSSR count). The lowest BCUT2D eigenvalue weighted by Gasteiger charge is -2.04. The zero-order valence-corrected chi connectivity index (χ0v) is 9.01. The maximum absolute atomic E-state index is 10.9. The van der Waals surface area contributed by atoms with Crippen LogP contribution in [-0.4, -0.2) is 22.3 Å². The highest BCUT2D eigenvalue weighted by Gasteiger charge is 2.10. The molecule has 0 aliphatic heterocycles. The van der Waals surface area contributed by atoms with Gasteiger partial charge in [0, 0.05) is 23.9 Å². The Kier molecular flexibility index (Phi) is 3.74. The van der Waals surface area contributed by atoms with E-state index in [1.54, 1.807) is 12.1 Å². The summed E-state index contributed by atoms with van der Waals surface area (Å²) in [4.78, 5) is 0.00719. The van der Waals surface area contributed by atoms with Crippen LogP contribution in [0.2, 0.25) is 0 Å². The van der Waals surface area contributed by atoms with Crippen molar-refractivity contribution in [2.45, 2.75) is 4.90 Å². The Balaban J connectivity index is 2.90. The quantitative estimate of drug-likeness (QED) is 0.589. The van der Waals surface area contributed by atoms with E-state index in [1.165, 1.54) is 19.2 Å². The van der Waals surface area contributed by atoms with Crippen LogP contribution in [0, 0.1) is 0 Å². The molecular weight excluding hydrogens is 228 g/mol. The third-order valence-corrected chi connectivity index (χ3v) is 2.78. The molecule has 0 unspecified atom stereocenters. The Hall–Kier alpha value is -0.780. The topological polar surface area (TPSA) is 52.6 Å². The van der Waals surface area contributed by atoms with Gasteiger partial charge in [0.05, 0.1) is 4.90 Å². The molecular formula is C8H9ClO4S. The van der Waals surface area contributed by atoms with Crippen LogP contribution in [0.15, 0.2) is 29.2 Å². The number of rotatable bonds is 4. The van der Waals surface area contributed by atoms with Crippen molar-refractivity contribution in [3.05, 3.63) is 24.3 Å². The van der Waals surface area contributed by atoms with Crippen molar-refractivity contribution in [3.8, 4) is 5.75 Å². The average molecular weight is 237 g/mol. The molecule has 1 aromatic carbocycles. The minimum Gasteiger partial charge on any atom is -0.468 e. The monoisotopic (exact) mass is 236 g/mol. The Bertz CT molecular complexity index is 402. The summed E-state index contributed by atoms with van der Waals surface area (Å²) >= 11 is 0. The molecule has 0 aromatic heterocycles. The third kappa shape index (κ3) is 3.17. The molecule has 0 saturated carbocycles. The number of benzene rings is 1. The largest absolute Gasteiger partial charge is 0.468 e. The number of halogens is 1. The maximum Gasteiger partial charge on any atom is 0.261 e. The molecule has 0 saturated heterocycles. The van der Waals surface area contributed by atoms with Crippen LogP contribution < -0.4 is 4.74 Å². The molecule has 0 radical (unpaired) electrons. The molecule has 0 aliphatic carbocycles. The summed E-state index contributed by atoms with van der Waals surface area (Å²) in [6.07, 6.45) is 0. The van der Waals surface area contributed by atoms with Crippen LogP contribution in [0.1, 0.15) is 0 Å². The smallest absolute Gasteiger partial charge is 0.261 e. The van der Waals surface area contributed by atoms with Crippen molar-refractivity contribution in [1.82, 2.24) is 0 Å². The van der Waals surface area contributed by atoms with Crippen molar-refractivity contribution >= 4 is 19.7 Å². The summed E-state index contributed by atoms with van der Waals surface area (Å²) < 4.78 is 31.6. The van der Waals surface area contributed by atoms with E-state index in [0.29, 0.717) is 5.75 Å². The van der Waals surface area contributed by atoms with Crippen LogP contribution in [0.5, 0.6) is 5.75 Å². The van der Waals surface area contributed by atoms with E-state index in [-0.39, 0.29) is 11.7 Å². The SMILES string of the molecule is COCOc1cccc(S(=O)(=O)Cl)c1. The molecule has 0 heterocycles. The molecule has 14 heavy (non-hydrogen) atoms. The molecule has 78 valence electrons. The van der Waals surface area contributed by atoms with Gasteiger partial charge in [-0.05, 0) is 12.1 Å². The lowest BCUT2D eigenvalue weighted by molar-refractivity contribution is 0.0509. The molecule has 0 bridgehead atoms. The van der Waals surface area contributed by atoms with E-state index >= 15 is 0 Å². The van der Waals surface area contributed by atoms with E-state index in [1.807, 2.05) is 0 Å². The second-order valence-electron chi connectivity index (χ2n) is 2.46. The molecule has 0 atom stereocenters. The van der Waals surface area contributed by atoms with Crippen molar-refractivity contribution in [2.75, 3.05) is 13.9 Å². The third-order valence-electron chi connectivity index (χ3n) is 1.43. The van der Waals surface area contributed by atoms with Gasteiger partial charge in [-0.25, -0.2) is 8.42 Å². The van der Waals surface area contributed by atoms with Gasteiger partial charge in [-0.2, -0.15) is 0 Å². The normalized spacial score (nSPS) is 11.3. The van der Waals surface area contributed by atoms with Gasteiger partial charge in [0.2, 0.25) is 0 Å². The molecule has 0 spiro atoms. The molecule has 4 nitrogen and oxygen atoms in total. The first-order valence-corrected chi connectivity index (χ1v) is 6.01. The second kappa shape index (κ2) is 4.63. The second-order valence-corrected chi connectivity index (χ2v) is 5.03. The van der Waals surface area contributed by atoms with Crippen LogP contribution in [0.3, 0.4) is 0 Å². The van der Waals surface area contributed by atoms with Gasteiger partial charge in [-0.15, -0.1) is 0 Å². The van der Waals surface area contributed by atoms with E-state index in [9.17, 15) is 8.42 Å². The zero-order chi connectivity index (χ0) is 10.6. The highest BCUT2D eigenvalue weighted by molar-refractivity contribution is 8.13. The van der Waals surface area contributed by atoms with E-state index < -0.39 is 9.05 Å².